The molecule has 1 fully saturated rings. The van der Waals surface area contributed by atoms with Gasteiger partial charge in [-0.3, -0.25) is 4.79 Å². The number of carbonyl (C=O) groups is 1. The predicted octanol–water partition coefficient (Wildman–Crippen LogP) is 3.20. The Morgan fingerprint density at radius 1 is 1.17 bits per heavy atom. The highest BCUT2D eigenvalue weighted by atomic mass is 19.1. The van der Waals surface area contributed by atoms with Gasteiger partial charge in [0.1, 0.15) is 5.82 Å². The first-order chi connectivity index (χ1) is 8.77. The van der Waals surface area contributed by atoms with Gasteiger partial charge < -0.3 is 4.74 Å². The van der Waals surface area contributed by atoms with Crippen LogP contribution in [0.15, 0.2) is 36.4 Å². The molecule has 0 aliphatic carbocycles. The maximum Gasteiger partial charge on any atom is 0.168 e. The zero-order valence-electron chi connectivity index (χ0n) is 9.86. The maximum atomic E-state index is 13.7. The third-order valence-electron chi connectivity index (χ3n) is 3.44. The van der Waals surface area contributed by atoms with Crippen LogP contribution >= 0.6 is 0 Å². The molecule has 1 aliphatic rings. The Morgan fingerprint density at radius 2 is 1.94 bits per heavy atom. The van der Waals surface area contributed by atoms with E-state index in [0.29, 0.717) is 29.5 Å². The van der Waals surface area contributed by atoms with Crippen LogP contribution in [-0.4, -0.2) is 19.0 Å². The van der Waals surface area contributed by atoms with E-state index in [4.69, 9.17) is 4.74 Å². The molecule has 0 saturated carbocycles. The molecule has 2 nitrogen and oxygen atoms in total. The average molecular weight is 244 g/mol. The smallest absolute Gasteiger partial charge is 0.168 e. The maximum absolute atomic E-state index is 13.7. The van der Waals surface area contributed by atoms with Crippen molar-refractivity contribution in [3.63, 3.8) is 0 Å². The van der Waals surface area contributed by atoms with Gasteiger partial charge in [0.05, 0.1) is 6.61 Å². The van der Waals surface area contributed by atoms with Crippen LogP contribution < -0.4 is 0 Å². The van der Waals surface area contributed by atoms with Crippen LogP contribution in [0.5, 0.6) is 0 Å². The largest absolute Gasteiger partial charge is 0.381 e. The fourth-order valence-electron chi connectivity index (χ4n) is 2.44. The monoisotopic (exact) mass is 244 g/mol. The van der Waals surface area contributed by atoms with Crippen molar-refractivity contribution in [1.29, 1.82) is 0 Å². The fraction of sp³-hybridized carbons (Fsp3) is 0.267. The van der Waals surface area contributed by atoms with Crippen molar-refractivity contribution in [2.24, 2.45) is 5.92 Å². The molecule has 0 bridgehead atoms. The van der Waals surface area contributed by atoms with Crippen molar-refractivity contribution >= 4 is 16.6 Å². The van der Waals surface area contributed by atoms with E-state index in [1.807, 2.05) is 6.07 Å². The van der Waals surface area contributed by atoms with Gasteiger partial charge in [0.2, 0.25) is 0 Å². The molecule has 1 unspecified atom stereocenters. The van der Waals surface area contributed by atoms with Crippen LogP contribution in [0, 0.1) is 11.7 Å². The van der Waals surface area contributed by atoms with E-state index < -0.39 is 0 Å². The highest BCUT2D eigenvalue weighted by Crippen LogP contribution is 2.26. The Bertz CT molecular complexity index is 600. The highest BCUT2D eigenvalue weighted by Gasteiger charge is 2.26. The van der Waals surface area contributed by atoms with Gasteiger partial charge >= 0.3 is 0 Å². The Kier molecular flexibility index (Phi) is 2.84. The number of ether oxygens (including phenoxy) is 1. The third-order valence-corrected chi connectivity index (χ3v) is 3.44. The molecule has 0 radical (unpaired) electrons. The number of ketones is 1. The van der Waals surface area contributed by atoms with E-state index in [1.165, 1.54) is 6.07 Å². The van der Waals surface area contributed by atoms with E-state index in [2.05, 4.69) is 0 Å². The minimum atomic E-state index is -0.287. The van der Waals surface area contributed by atoms with E-state index in [-0.39, 0.29) is 17.5 Å². The number of fused-ring (bicyclic) bond motifs is 1. The summed E-state index contributed by atoms with van der Waals surface area (Å²) in [6.45, 7) is 1.11. The van der Waals surface area contributed by atoms with Crippen LogP contribution in [0.25, 0.3) is 10.8 Å². The van der Waals surface area contributed by atoms with Gasteiger partial charge in [-0.1, -0.05) is 24.3 Å². The minimum absolute atomic E-state index is 0.0590. The normalized spacial score (nSPS) is 19.3. The molecule has 3 heteroatoms. The first-order valence-electron chi connectivity index (χ1n) is 6.06. The number of hydrogen-bond acceptors (Lipinski definition) is 2. The number of benzene rings is 2. The van der Waals surface area contributed by atoms with Gasteiger partial charge in [-0.25, -0.2) is 4.39 Å². The molecule has 1 aliphatic heterocycles. The van der Waals surface area contributed by atoms with Crippen molar-refractivity contribution in [1.82, 2.24) is 0 Å². The summed E-state index contributed by atoms with van der Waals surface area (Å²) in [4.78, 5) is 12.4. The lowest BCUT2D eigenvalue weighted by molar-refractivity contribution is 0.0902. The van der Waals surface area contributed by atoms with E-state index >= 15 is 0 Å². The third kappa shape index (κ3) is 1.81. The van der Waals surface area contributed by atoms with Crippen molar-refractivity contribution in [3.8, 4) is 0 Å². The van der Waals surface area contributed by atoms with Gasteiger partial charge in [0.15, 0.2) is 5.78 Å². The van der Waals surface area contributed by atoms with Crippen molar-refractivity contribution in [2.75, 3.05) is 13.2 Å². The zero-order valence-corrected chi connectivity index (χ0v) is 9.86. The second-order valence-electron chi connectivity index (χ2n) is 4.57. The molecule has 18 heavy (non-hydrogen) atoms. The summed E-state index contributed by atoms with van der Waals surface area (Å²) in [6.07, 6.45) is 0.755. The van der Waals surface area contributed by atoms with Crippen molar-refractivity contribution < 1.29 is 13.9 Å². The minimum Gasteiger partial charge on any atom is -0.381 e. The Balaban J connectivity index is 2.11. The van der Waals surface area contributed by atoms with Crippen LogP contribution in [-0.2, 0) is 4.74 Å². The molecular formula is C15H13FO2. The van der Waals surface area contributed by atoms with E-state index in [9.17, 15) is 9.18 Å². The van der Waals surface area contributed by atoms with Gasteiger partial charge in [-0.15, -0.1) is 0 Å². The molecule has 2 aromatic carbocycles. The van der Waals surface area contributed by atoms with Crippen LogP contribution in [0.3, 0.4) is 0 Å². The molecule has 0 spiro atoms. The topological polar surface area (TPSA) is 26.3 Å². The van der Waals surface area contributed by atoms with Crippen LogP contribution in [0.2, 0.25) is 0 Å². The van der Waals surface area contributed by atoms with Gasteiger partial charge in [-0.2, -0.15) is 0 Å². The first-order valence-corrected chi connectivity index (χ1v) is 6.06. The Hall–Kier alpha value is -1.74. The molecule has 2 aromatic rings. The average Bonchev–Trinajstić information content (AvgIpc) is 2.93. The van der Waals surface area contributed by atoms with Crippen molar-refractivity contribution in [2.45, 2.75) is 6.42 Å². The summed E-state index contributed by atoms with van der Waals surface area (Å²) in [5, 5.41) is 1.19. The number of Topliss-reactive ketones (excluding diaryl/α,β-unsaturated/α-hetero) is 1. The predicted molar refractivity (Wildman–Crippen MR) is 67.2 cm³/mol. The fourth-order valence-corrected chi connectivity index (χ4v) is 2.44. The first kappa shape index (κ1) is 11.4. The summed E-state index contributed by atoms with van der Waals surface area (Å²) in [7, 11) is 0. The quantitative estimate of drug-likeness (QED) is 0.758. The van der Waals surface area contributed by atoms with Gasteiger partial charge in [0, 0.05) is 23.5 Å². The number of halogens is 1. The summed E-state index contributed by atoms with van der Waals surface area (Å²) in [5.74, 6) is -0.313. The second kappa shape index (κ2) is 4.50. The summed E-state index contributed by atoms with van der Waals surface area (Å²) in [5.41, 5.74) is 0.600. The van der Waals surface area contributed by atoms with E-state index in [1.54, 1.807) is 24.3 Å². The highest BCUT2D eigenvalue weighted by molar-refractivity contribution is 6.09. The Morgan fingerprint density at radius 3 is 2.67 bits per heavy atom. The summed E-state index contributed by atoms with van der Waals surface area (Å²) >= 11 is 0. The molecule has 0 amide bonds. The van der Waals surface area contributed by atoms with Crippen molar-refractivity contribution in [3.05, 3.63) is 47.8 Å². The molecular weight excluding hydrogens is 231 g/mol. The lowest BCUT2D eigenvalue weighted by Crippen LogP contribution is -2.15. The Labute approximate surface area is 104 Å². The van der Waals surface area contributed by atoms with E-state index in [0.717, 1.165) is 6.42 Å². The van der Waals surface area contributed by atoms with Gasteiger partial charge in [-0.05, 0) is 23.9 Å². The standard InChI is InChI=1S/C15H13FO2/c16-14-6-5-13(11-3-1-2-4-12(11)14)15(17)10-7-8-18-9-10/h1-6,10H,7-9H2. The number of carbonyl (C=O) groups excluding carboxylic acids is 1. The lowest BCUT2D eigenvalue weighted by Gasteiger charge is -2.10. The molecule has 3 rings (SSSR count). The SMILES string of the molecule is O=C(c1ccc(F)c2ccccc12)C1CCOC1. The zero-order chi connectivity index (χ0) is 12.5. The molecule has 92 valence electrons. The summed E-state index contributed by atoms with van der Waals surface area (Å²) < 4.78 is 18.9. The lowest BCUT2D eigenvalue weighted by atomic mass is 9.93. The summed E-state index contributed by atoms with van der Waals surface area (Å²) in [6, 6.07) is 10.0. The molecule has 0 aromatic heterocycles. The second-order valence-corrected chi connectivity index (χ2v) is 4.57. The number of hydrogen-bond donors (Lipinski definition) is 0. The molecule has 1 atom stereocenters. The van der Waals surface area contributed by atoms with Crippen LogP contribution in [0.4, 0.5) is 4.39 Å². The molecule has 1 saturated heterocycles. The molecule has 1 heterocycles. The van der Waals surface area contributed by atoms with Crippen LogP contribution in [0.1, 0.15) is 16.8 Å². The number of rotatable bonds is 2. The van der Waals surface area contributed by atoms with Gasteiger partial charge in [0.25, 0.3) is 0 Å². The molecule has 0 N–H and O–H groups in total.